The molecular weight excluding hydrogens is 422 g/mol. The van der Waals surface area contributed by atoms with Gasteiger partial charge in [0.2, 0.25) is 11.7 Å². The molecule has 1 heterocycles. The van der Waals surface area contributed by atoms with E-state index in [0.717, 1.165) is 11.1 Å². The summed E-state index contributed by atoms with van der Waals surface area (Å²) in [4.78, 5) is 49.9. The van der Waals surface area contributed by atoms with Gasteiger partial charge in [0.05, 0.1) is 12.1 Å². The van der Waals surface area contributed by atoms with Crippen LogP contribution in [-0.4, -0.2) is 52.9 Å². The number of carbonyl (C=O) groups excluding carboxylic acids is 4. The minimum absolute atomic E-state index is 0.111. The SMILES string of the molecule is CNC(=O)CNC(=O)C(=O)[C@H](Cc1ccccc1)NC(=O)c1cn(C)nc1-c1ccccc1. The van der Waals surface area contributed by atoms with Crippen molar-refractivity contribution in [1.82, 2.24) is 25.7 Å². The second-order valence-corrected chi connectivity index (χ2v) is 7.37. The van der Waals surface area contributed by atoms with Crippen LogP contribution in [0.2, 0.25) is 0 Å². The van der Waals surface area contributed by atoms with Crippen molar-refractivity contribution in [2.45, 2.75) is 12.5 Å². The lowest BCUT2D eigenvalue weighted by Crippen LogP contribution is -2.50. The van der Waals surface area contributed by atoms with E-state index in [9.17, 15) is 19.2 Å². The molecule has 9 nitrogen and oxygen atoms in total. The number of carbonyl (C=O) groups is 4. The molecule has 170 valence electrons. The van der Waals surface area contributed by atoms with Gasteiger partial charge in [-0.05, 0) is 5.56 Å². The van der Waals surface area contributed by atoms with E-state index in [1.807, 2.05) is 36.4 Å². The van der Waals surface area contributed by atoms with Crippen molar-refractivity contribution in [1.29, 1.82) is 0 Å². The fourth-order valence-corrected chi connectivity index (χ4v) is 3.25. The summed E-state index contributed by atoms with van der Waals surface area (Å²) in [5.41, 5.74) is 2.26. The zero-order chi connectivity index (χ0) is 23.8. The number of amides is 3. The molecule has 0 aliphatic rings. The predicted octanol–water partition coefficient (Wildman–Crippen LogP) is 0.860. The Kier molecular flexibility index (Phi) is 7.69. The maximum absolute atomic E-state index is 13.2. The topological polar surface area (TPSA) is 122 Å². The molecule has 0 radical (unpaired) electrons. The van der Waals surface area contributed by atoms with Crippen LogP contribution in [-0.2, 0) is 27.9 Å². The predicted molar refractivity (Wildman–Crippen MR) is 122 cm³/mol. The Bertz CT molecular complexity index is 1140. The molecule has 0 spiro atoms. The zero-order valence-electron chi connectivity index (χ0n) is 18.4. The Hall–Kier alpha value is -4.27. The molecule has 0 aliphatic carbocycles. The van der Waals surface area contributed by atoms with Gasteiger partial charge in [-0.2, -0.15) is 5.10 Å². The van der Waals surface area contributed by atoms with E-state index in [0.29, 0.717) is 5.69 Å². The average molecular weight is 447 g/mol. The van der Waals surface area contributed by atoms with Crippen molar-refractivity contribution in [2.24, 2.45) is 7.05 Å². The van der Waals surface area contributed by atoms with Crippen molar-refractivity contribution in [3.05, 3.63) is 78.0 Å². The number of aromatic nitrogens is 2. The number of benzene rings is 2. The molecule has 3 amide bonds. The highest BCUT2D eigenvalue weighted by Gasteiger charge is 2.29. The molecule has 0 bridgehead atoms. The molecule has 2 aromatic carbocycles. The lowest BCUT2D eigenvalue weighted by Gasteiger charge is -2.17. The third-order valence-corrected chi connectivity index (χ3v) is 4.94. The highest BCUT2D eigenvalue weighted by atomic mass is 16.2. The molecule has 9 heteroatoms. The van der Waals surface area contributed by atoms with Gasteiger partial charge < -0.3 is 16.0 Å². The first-order chi connectivity index (χ1) is 15.9. The number of ketones is 1. The monoisotopic (exact) mass is 447 g/mol. The number of aryl methyl sites for hydroxylation is 1. The molecule has 0 saturated heterocycles. The van der Waals surface area contributed by atoms with Gasteiger partial charge >= 0.3 is 0 Å². The van der Waals surface area contributed by atoms with Gasteiger partial charge in [-0.1, -0.05) is 60.7 Å². The quantitative estimate of drug-likeness (QED) is 0.420. The van der Waals surface area contributed by atoms with E-state index < -0.39 is 29.5 Å². The first-order valence-corrected chi connectivity index (χ1v) is 10.4. The number of likely N-dealkylation sites (N-methyl/N-ethyl adjacent to an activating group) is 1. The van der Waals surface area contributed by atoms with E-state index in [-0.39, 0.29) is 18.5 Å². The number of hydrogen-bond donors (Lipinski definition) is 3. The molecule has 0 unspecified atom stereocenters. The lowest BCUT2D eigenvalue weighted by molar-refractivity contribution is -0.139. The van der Waals surface area contributed by atoms with Crippen molar-refractivity contribution in [2.75, 3.05) is 13.6 Å². The van der Waals surface area contributed by atoms with Gasteiger partial charge in [0.15, 0.2) is 0 Å². The zero-order valence-corrected chi connectivity index (χ0v) is 18.4. The van der Waals surface area contributed by atoms with E-state index in [4.69, 9.17) is 0 Å². The van der Waals surface area contributed by atoms with Crippen LogP contribution in [0.4, 0.5) is 0 Å². The van der Waals surface area contributed by atoms with E-state index in [2.05, 4.69) is 21.0 Å². The fourth-order valence-electron chi connectivity index (χ4n) is 3.25. The smallest absolute Gasteiger partial charge is 0.290 e. The Balaban J connectivity index is 1.84. The first kappa shape index (κ1) is 23.4. The van der Waals surface area contributed by atoms with Crippen LogP contribution in [0.5, 0.6) is 0 Å². The summed E-state index contributed by atoms with van der Waals surface area (Å²) >= 11 is 0. The molecular formula is C24H25N5O4. The van der Waals surface area contributed by atoms with Gasteiger partial charge in [0.25, 0.3) is 11.8 Å². The fraction of sp³-hybridized carbons (Fsp3) is 0.208. The molecule has 0 saturated carbocycles. The number of hydrogen-bond acceptors (Lipinski definition) is 5. The van der Waals surface area contributed by atoms with Crippen molar-refractivity contribution in [3.8, 4) is 11.3 Å². The van der Waals surface area contributed by atoms with Crippen LogP contribution in [0.1, 0.15) is 15.9 Å². The number of nitrogens with one attached hydrogen (secondary N) is 3. The minimum atomic E-state index is -1.13. The van der Waals surface area contributed by atoms with Gasteiger partial charge in [-0.3, -0.25) is 23.9 Å². The Morgan fingerprint density at radius 1 is 0.970 bits per heavy atom. The first-order valence-electron chi connectivity index (χ1n) is 10.4. The minimum Gasteiger partial charge on any atom is -0.358 e. The van der Waals surface area contributed by atoms with Crippen molar-refractivity contribution < 1.29 is 19.2 Å². The Morgan fingerprint density at radius 3 is 2.24 bits per heavy atom. The third kappa shape index (κ3) is 6.13. The average Bonchev–Trinajstić information content (AvgIpc) is 3.24. The number of rotatable bonds is 9. The molecule has 33 heavy (non-hydrogen) atoms. The summed E-state index contributed by atoms with van der Waals surface area (Å²) in [6.45, 7) is -0.339. The molecule has 1 aromatic heterocycles. The highest BCUT2D eigenvalue weighted by molar-refractivity contribution is 6.38. The normalized spacial score (nSPS) is 11.3. The summed E-state index contributed by atoms with van der Waals surface area (Å²) in [6.07, 6.45) is 1.67. The Labute approximate surface area is 191 Å². The van der Waals surface area contributed by atoms with Crippen LogP contribution < -0.4 is 16.0 Å². The molecule has 1 atom stereocenters. The maximum atomic E-state index is 13.2. The van der Waals surface area contributed by atoms with Crippen LogP contribution >= 0.6 is 0 Å². The summed E-state index contributed by atoms with van der Waals surface area (Å²) in [6, 6.07) is 17.1. The summed E-state index contributed by atoms with van der Waals surface area (Å²) in [7, 11) is 3.12. The number of nitrogens with zero attached hydrogens (tertiary/aromatic N) is 2. The van der Waals surface area contributed by atoms with Crippen molar-refractivity contribution in [3.63, 3.8) is 0 Å². The van der Waals surface area contributed by atoms with Crippen molar-refractivity contribution >= 4 is 23.5 Å². The second-order valence-electron chi connectivity index (χ2n) is 7.37. The summed E-state index contributed by atoms with van der Waals surface area (Å²) in [5, 5.41) is 11.7. The molecule has 3 N–H and O–H groups in total. The van der Waals surface area contributed by atoms with Gasteiger partial charge in [-0.15, -0.1) is 0 Å². The third-order valence-electron chi connectivity index (χ3n) is 4.94. The molecule has 0 aliphatic heterocycles. The number of Topliss-reactive ketones (excluding diaryl/α,β-unsaturated/α-hetero) is 1. The van der Waals surface area contributed by atoms with Gasteiger partial charge in [-0.25, -0.2) is 0 Å². The van der Waals surface area contributed by atoms with Crippen LogP contribution in [0.25, 0.3) is 11.3 Å². The van der Waals surface area contributed by atoms with Crippen LogP contribution in [0.3, 0.4) is 0 Å². The van der Waals surface area contributed by atoms with Gasteiger partial charge in [0.1, 0.15) is 11.7 Å². The van der Waals surface area contributed by atoms with Crippen LogP contribution in [0.15, 0.2) is 66.9 Å². The van der Waals surface area contributed by atoms with E-state index in [1.54, 1.807) is 37.5 Å². The summed E-state index contributed by atoms with van der Waals surface area (Å²) in [5.74, 6) is -2.77. The Morgan fingerprint density at radius 2 is 1.61 bits per heavy atom. The standard InChI is InChI=1S/C24H25N5O4/c1-25-20(30)14-26-24(33)22(31)19(13-16-9-5-3-6-10-16)27-23(32)18-15-29(2)28-21(18)17-11-7-4-8-12-17/h3-12,15,19H,13-14H2,1-2H3,(H,25,30)(H,26,33)(H,27,32)/t19-/m0/s1. The largest absolute Gasteiger partial charge is 0.358 e. The molecule has 3 rings (SSSR count). The van der Waals surface area contributed by atoms with E-state index >= 15 is 0 Å². The molecule has 3 aromatic rings. The van der Waals surface area contributed by atoms with Crippen LogP contribution in [0, 0.1) is 0 Å². The van der Waals surface area contributed by atoms with Gasteiger partial charge in [0, 0.05) is 32.3 Å². The highest BCUT2D eigenvalue weighted by Crippen LogP contribution is 2.21. The lowest BCUT2D eigenvalue weighted by atomic mass is 10.0. The molecule has 0 fully saturated rings. The maximum Gasteiger partial charge on any atom is 0.290 e. The second kappa shape index (κ2) is 10.9. The summed E-state index contributed by atoms with van der Waals surface area (Å²) < 4.78 is 1.52. The van der Waals surface area contributed by atoms with E-state index in [1.165, 1.54) is 11.7 Å².